The smallest absolute Gasteiger partial charge is 0.264 e. The van der Waals surface area contributed by atoms with E-state index in [1.807, 2.05) is 18.2 Å². The average Bonchev–Trinajstić information content (AvgIpc) is 2.96. The zero-order valence-corrected chi connectivity index (χ0v) is 14.1. The van der Waals surface area contributed by atoms with E-state index < -0.39 is 5.41 Å². The molecule has 5 nitrogen and oxygen atoms in total. The van der Waals surface area contributed by atoms with E-state index in [0.29, 0.717) is 11.8 Å². The molecule has 4 heterocycles. The number of hydroxylamine groups is 1. The molecule has 1 spiro atoms. The molecule has 1 saturated carbocycles. The van der Waals surface area contributed by atoms with Crippen LogP contribution in [0.4, 0.5) is 5.69 Å². The number of anilines is 1. The van der Waals surface area contributed by atoms with Crippen LogP contribution in [0.1, 0.15) is 31.7 Å². The maximum atomic E-state index is 13.4. The van der Waals surface area contributed by atoms with Crippen LogP contribution >= 0.6 is 0 Å². The molecule has 4 bridgehead atoms. The highest BCUT2D eigenvalue weighted by atomic mass is 16.7. The van der Waals surface area contributed by atoms with Crippen molar-refractivity contribution in [2.45, 2.75) is 43.7 Å². The summed E-state index contributed by atoms with van der Waals surface area (Å²) in [5, 5.41) is 1.45. The number of carbonyl (C=O) groups is 1. The van der Waals surface area contributed by atoms with Crippen LogP contribution in [0.25, 0.3) is 0 Å². The number of carbonyl (C=O) groups excluding carboxylic acids is 1. The fourth-order valence-corrected chi connectivity index (χ4v) is 5.46. The molecule has 6 rings (SSSR count). The summed E-state index contributed by atoms with van der Waals surface area (Å²) >= 11 is 0. The van der Waals surface area contributed by atoms with Gasteiger partial charge in [-0.05, 0) is 30.9 Å². The molecule has 1 aliphatic carbocycles. The zero-order valence-electron chi connectivity index (χ0n) is 14.1. The van der Waals surface area contributed by atoms with Crippen LogP contribution in [0.15, 0.2) is 29.3 Å². The molecule has 2 saturated heterocycles. The van der Waals surface area contributed by atoms with E-state index in [9.17, 15) is 4.79 Å². The van der Waals surface area contributed by atoms with Gasteiger partial charge in [-0.25, -0.2) is 0 Å². The lowest BCUT2D eigenvalue weighted by atomic mass is 9.71. The molecule has 1 aromatic rings. The number of aliphatic imine (C=N–C) groups is 1. The van der Waals surface area contributed by atoms with Crippen LogP contribution < -0.4 is 5.06 Å². The molecule has 0 N–H and O–H groups in total. The summed E-state index contributed by atoms with van der Waals surface area (Å²) < 4.78 is 6.26. The van der Waals surface area contributed by atoms with E-state index >= 15 is 0 Å². The molecule has 126 valence electrons. The second-order valence-electron chi connectivity index (χ2n) is 7.34. The first-order chi connectivity index (χ1) is 11.7. The van der Waals surface area contributed by atoms with E-state index in [2.05, 4.69) is 13.0 Å². The maximum absolute atomic E-state index is 13.4. The Morgan fingerprint density at radius 2 is 2.25 bits per heavy atom. The lowest BCUT2D eigenvalue weighted by molar-refractivity contribution is -0.137. The summed E-state index contributed by atoms with van der Waals surface area (Å²) in [6.45, 7) is 2.90. The average molecular weight is 326 g/mol. The molecular formula is C19H22N2O3. The van der Waals surface area contributed by atoms with E-state index in [1.165, 1.54) is 10.8 Å². The van der Waals surface area contributed by atoms with E-state index in [4.69, 9.17) is 14.6 Å². The van der Waals surface area contributed by atoms with Crippen LogP contribution in [0, 0.1) is 11.8 Å². The standard InChI is InChI=1S/C19H22N2O3/c1-3-14-11-8-17-19(9-15(20-14)12(11)10-24-17)13-6-4-5-7-16(13)21(23-2)18(19)22/h4-7,11-12,15,17H,3,8-10H2,1-2H3/t11-,12?,15?,17+,19+/m1/s1. The third-order valence-corrected chi connectivity index (χ3v) is 6.52. The number of ether oxygens (including phenoxy) is 1. The molecule has 3 fully saturated rings. The summed E-state index contributed by atoms with van der Waals surface area (Å²) in [6.07, 6.45) is 2.55. The van der Waals surface area contributed by atoms with Gasteiger partial charge >= 0.3 is 0 Å². The summed E-state index contributed by atoms with van der Waals surface area (Å²) in [6, 6.07) is 8.16. The first-order valence-electron chi connectivity index (χ1n) is 8.87. The molecule has 5 heteroatoms. The van der Waals surface area contributed by atoms with E-state index in [1.54, 1.807) is 7.11 Å². The Morgan fingerprint density at radius 3 is 3.04 bits per heavy atom. The fourth-order valence-electron chi connectivity index (χ4n) is 5.46. The molecule has 5 atom stereocenters. The van der Waals surface area contributed by atoms with Gasteiger partial charge < -0.3 is 4.74 Å². The first kappa shape index (κ1) is 14.6. The van der Waals surface area contributed by atoms with Crippen molar-refractivity contribution in [1.82, 2.24) is 0 Å². The van der Waals surface area contributed by atoms with Gasteiger partial charge in [-0.1, -0.05) is 25.1 Å². The third kappa shape index (κ3) is 1.57. The minimum Gasteiger partial charge on any atom is -0.376 e. The quantitative estimate of drug-likeness (QED) is 0.839. The van der Waals surface area contributed by atoms with Gasteiger partial charge in [0.1, 0.15) is 5.41 Å². The van der Waals surface area contributed by atoms with Crippen molar-refractivity contribution in [2.24, 2.45) is 16.8 Å². The minimum atomic E-state index is -0.649. The SMILES string of the molecule is CCC1=NC2C[C@@]3(C(=O)N(OC)c4ccccc43)[C@@H]3C[C@@H]1C2CO3. The zero-order chi connectivity index (χ0) is 16.5. The number of hydrogen-bond donors (Lipinski definition) is 0. The monoisotopic (exact) mass is 326 g/mol. The van der Waals surface area contributed by atoms with Crippen molar-refractivity contribution >= 4 is 17.3 Å². The molecular weight excluding hydrogens is 304 g/mol. The van der Waals surface area contributed by atoms with Crippen LogP contribution in [-0.2, 0) is 19.8 Å². The van der Waals surface area contributed by atoms with Gasteiger partial charge in [0.05, 0.1) is 31.5 Å². The number of para-hydroxylation sites is 1. The Balaban J connectivity index is 1.69. The Morgan fingerprint density at radius 1 is 1.42 bits per heavy atom. The highest BCUT2D eigenvalue weighted by molar-refractivity contribution is 6.07. The first-order valence-corrected chi connectivity index (χ1v) is 8.87. The molecule has 5 aliphatic rings. The summed E-state index contributed by atoms with van der Waals surface area (Å²) in [7, 11) is 1.56. The predicted molar refractivity (Wildman–Crippen MR) is 90.1 cm³/mol. The lowest BCUT2D eigenvalue weighted by Gasteiger charge is -2.38. The second-order valence-corrected chi connectivity index (χ2v) is 7.34. The Hall–Kier alpha value is -1.72. The van der Waals surface area contributed by atoms with Crippen LogP contribution in [-0.4, -0.2) is 37.5 Å². The topological polar surface area (TPSA) is 51.1 Å². The number of nitrogens with zero attached hydrogens (tertiary/aromatic N) is 2. The molecule has 1 amide bonds. The van der Waals surface area contributed by atoms with Gasteiger partial charge in [0.15, 0.2) is 0 Å². The highest BCUT2D eigenvalue weighted by Gasteiger charge is 2.64. The van der Waals surface area contributed by atoms with Gasteiger partial charge in [-0.3, -0.25) is 14.6 Å². The number of fused-ring (bicyclic) bond motifs is 2. The van der Waals surface area contributed by atoms with Crippen molar-refractivity contribution in [2.75, 3.05) is 18.8 Å². The van der Waals surface area contributed by atoms with Crippen molar-refractivity contribution in [1.29, 1.82) is 0 Å². The van der Waals surface area contributed by atoms with Crippen molar-refractivity contribution in [3.05, 3.63) is 29.8 Å². The second kappa shape index (κ2) is 4.90. The van der Waals surface area contributed by atoms with Gasteiger partial charge in [-0.15, -0.1) is 0 Å². The van der Waals surface area contributed by atoms with Gasteiger partial charge in [0, 0.05) is 17.5 Å². The van der Waals surface area contributed by atoms with Crippen LogP contribution in [0.5, 0.6) is 0 Å². The molecule has 0 aromatic heterocycles. The van der Waals surface area contributed by atoms with Gasteiger partial charge in [-0.2, -0.15) is 5.06 Å². The highest BCUT2D eigenvalue weighted by Crippen LogP contribution is 2.56. The summed E-state index contributed by atoms with van der Waals surface area (Å²) in [5.74, 6) is 0.930. The van der Waals surface area contributed by atoms with E-state index in [0.717, 1.165) is 37.1 Å². The summed E-state index contributed by atoms with van der Waals surface area (Å²) in [4.78, 5) is 23.9. The molecule has 2 unspecified atom stereocenters. The Kier molecular flexibility index (Phi) is 2.98. The Labute approximate surface area is 141 Å². The maximum Gasteiger partial charge on any atom is 0.264 e. The van der Waals surface area contributed by atoms with E-state index in [-0.39, 0.29) is 18.1 Å². The van der Waals surface area contributed by atoms with Crippen LogP contribution in [0.2, 0.25) is 0 Å². The molecule has 1 aromatic carbocycles. The van der Waals surface area contributed by atoms with Crippen molar-refractivity contribution in [3.8, 4) is 0 Å². The van der Waals surface area contributed by atoms with Crippen molar-refractivity contribution in [3.63, 3.8) is 0 Å². The molecule has 0 radical (unpaired) electrons. The molecule has 24 heavy (non-hydrogen) atoms. The Bertz CT molecular complexity index is 746. The number of rotatable bonds is 2. The minimum absolute atomic E-state index is 0.0117. The number of hydrogen-bond acceptors (Lipinski definition) is 4. The number of amides is 1. The normalized spacial score (nSPS) is 39.3. The lowest BCUT2D eigenvalue weighted by Crippen LogP contribution is -2.51. The largest absolute Gasteiger partial charge is 0.376 e. The predicted octanol–water partition coefficient (Wildman–Crippen LogP) is 2.49. The van der Waals surface area contributed by atoms with Gasteiger partial charge in [0.25, 0.3) is 5.91 Å². The molecule has 4 aliphatic heterocycles. The number of benzene rings is 1. The van der Waals surface area contributed by atoms with Crippen LogP contribution in [0.3, 0.4) is 0 Å². The van der Waals surface area contributed by atoms with Crippen molar-refractivity contribution < 1.29 is 14.4 Å². The van der Waals surface area contributed by atoms with Gasteiger partial charge in [0.2, 0.25) is 0 Å². The fraction of sp³-hybridized carbons (Fsp3) is 0.579. The third-order valence-electron chi connectivity index (χ3n) is 6.52. The summed E-state index contributed by atoms with van der Waals surface area (Å²) in [5.41, 5.74) is 2.58.